The molecule has 0 saturated heterocycles. The average Bonchev–Trinajstić information content (AvgIpc) is 3.34. The summed E-state index contributed by atoms with van der Waals surface area (Å²) in [7, 11) is 0. The lowest BCUT2D eigenvalue weighted by molar-refractivity contribution is -0.148. The first-order chi connectivity index (χ1) is 17.5. The number of carboxylic acids is 1. The van der Waals surface area contributed by atoms with Crippen molar-refractivity contribution in [3.63, 3.8) is 0 Å². The van der Waals surface area contributed by atoms with Gasteiger partial charge < -0.3 is 15.7 Å². The van der Waals surface area contributed by atoms with Crippen LogP contribution in [-0.4, -0.2) is 34.3 Å². The van der Waals surface area contributed by atoms with Crippen molar-refractivity contribution in [2.45, 2.75) is 5.60 Å². The molecule has 0 bridgehead atoms. The standard InChI is InChI=1S/C26H22N4O5S/c27-25-28-21(17-36-25)23(24(32)33)30-34-16-22(31)29-35-26(18-10-4-1-5-11-18,19-12-6-2-7-13-19)20-14-8-3-9-15-20/h1-15,17H,16H2,(H2,27,28)(H,29,31)(H,32,33)/b30-23-. The van der Waals surface area contributed by atoms with Crippen molar-refractivity contribution in [2.24, 2.45) is 5.16 Å². The van der Waals surface area contributed by atoms with Crippen molar-refractivity contribution in [3.05, 3.63) is 119 Å². The lowest BCUT2D eigenvalue weighted by Gasteiger charge is -2.34. The largest absolute Gasteiger partial charge is 0.476 e. The van der Waals surface area contributed by atoms with E-state index in [9.17, 15) is 14.7 Å². The molecule has 0 fully saturated rings. The summed E-state index contributed by atoms with van der Waals surface area (Å²) >= 11 is 1.06. The smallest absolute Gasteiger partial charge is 0.360 e. The highest BCUT2D eigenvalue weighted by Gasteiger charge is 2.39. The number of aromatic nitrogens is 1. The molecular weight excluding hydrogens is 480 g/mol. The summed E-state index contributed by atoms with van der Waals surface area (Å²) in [6, 6.07) is 28.5. The number of anilines is 1. The van der Waals surface area contributed by atoms with Crippen LogP contribution < -0.4 is 11.2 Å². The second-order valence-electron chi connectivity index (χ2n) is 7.50. The highest BCUT2D eigenvalue weighted by molar-refractivity contribution is 7.13. The minimum Gasteiger partial charge on any atom is -0.476 e. The third-order valence-electron chi connectivity index (χ3n) is 5.18. The molecule has 0 aliphatic rings. The molecule has 1 amide bonds. The van der Waals surface area contributed by atoms with Crippen LogP contribution >= 0.6 is 11.3 Å². The summed E-state index contributed by atoms with van der Waals surface area (Å²) in [4.78, 5) is 39.2. The summed E-state index contributed by atoms with van der Waals surface area (Å²) < 4.78 is 0. The number of carboxylic acid groups (broad SMARTS) is 1. The van der Waals surface area contributed by atoms with Crippen LogP contribution in [0.4, 0.5) is 5.13 Å². The molecule has 0 unspecified atom stereocenters. The number of carbonyl (C=O) groups excluding carboxylic acids is 1. The topological polar surface area (TPSA) is 136 Å². The third-order valence-corrected chi connectivity index (χ3v) is 5.85. The number of nitrogen functional groups attached to an aromatic ring is 1. The Balaban J connectivity index is 1.58. The summed E-state index contributed by atoms with van der Waals surface area (Å²) in [6.07, 6.45) is 0. The van der Waals surface area contributed by atoms with Gasteiger partial charge in [-0.25, -0.2) is 15.3 Å². The van der Waals surface area contributed by atoms with Crippen molar-refractivity contribution in [2.75, 3.05) is 12.3 Å². The molecule has 182 valence electrons. The Labute approximate surface area is 210 Å². The van der Waals surface area contributed by atoms with Crippen LogP contribution in [0.2, 0.25) is 0 Å². The van der Waals surface area contributed by atoms with E-state index in [4.69, 9.17) is 15.4 Å². The number of nitrogens with one attached hydrogen (secondary N) is 1. The Bertz CT molecular complexity index is 1250. The van der Waals surface area contributed by atoms with E-state index in [-0.39, 0.29) is 10.8 Å². The predicted molar refractivity (Wildman–Crippen MR) is 135 cm³/mol. The van der Waals surface area contributed by atoms with Crippen LogP contribution in [-0.2, 0) is 24.9 Å². The SMILES string of the molecule is Nc1nc(/C(=N/OCC(=O)NOC(c2ccccc2)(c2ccccc2)c2ccccc2)C(=O)O)cs1. The number of aliphatic carboxylic acids is 1. The van der Waals surface area contributed by atoms with Crippen LogP contribution in [0.1, 0.15) is 22.4 Å². The first-order valence-electron chi connectivity index (χ1n) is 10.8. The number of thiazole rings is 1. The van der Waals surface area contributed by atoms with E-state index < -0.39 is 29.8 Å². The zero-order valence-corrected chi connectivity index (χ0v) is 19.7. The Morgan fingerprint density at radius 2 is 1.42 bits per heavy atom. The van der Waals surface area contributed by atoms with Crippen molar-refractivity contribution in [3.8, 4) is 0 Å². The maximum absolute atomic E-state index is 12.7. The zero-order chi connectivity index (χ0) is 25.4. The monoisotopic (exact) mass is 502 g/mol. The molecule has 0 aliphatic carbocycles. The molecular formula is C26H22N4O5S. The van der Waals surface area contributed by atoms with Crippen molar-refractivity contribution < 1.29 is 24.4 Å². The Kier molecular flexibility index (Phi) is 7.69. The normalized spacial score (nSPS) is 11.6. The van der Waals surface area contributed by atoms with Gasteiger partial charge in [0.15, 0.2) is 17.3 Å². The fourth-order valence-corrected chi connectivity index (χ4v) is 4.15. The van der Waals surface area contributed by atoms with Gasteiger partial charge in [-0.15, -0.1) is 11.3 Å². The van der Waals surface area contributed by atoms with Gasteiger partial charge in [-0.3, -0.25) is 9.63 Å². The number of hydrogen-bond donors (Lipinski definition) is 3. The number of carbonyl (C=O) groups is 2. The molecule has 4 rings (SSSR count). The highest BCUT2D eigenvalue weighted by Crippen LogP contribution is 2.39. The summed E-state index contributed by atoms with van der Waals surface area (Å²) in [6.45, 7) is -0.592. The quantitative estimate of drug-likeness (QED) is 0.171. The lowest BCUT2D eigenvalue weighted by atomic mass is 9.80. The van der Waals surface area contributed by atoms with Crippen molar-refractivity contribution >= 4 is 34.1 Å². The van der Waals surface area contributed by atoms with E-state index in [0.717, 1.165) is 28.0 Å². The van der Waals surface area contributed by atoms with Gasteiger partial charge in [0.1, 0.15) is 5.69 Å². The molecule has 9 nitrogen and oxygen atoms in total. The fraction of sp³-hybridized carbons (Fsp3) is 0.0769. The number of nitrogens with zero attached hydrogens (tertiary/aromatic N) is 2. The van der Waals surface area contributed by atoms with Crippen LogP contribution in [0.3, 0.4) is 0 Å². The van der Waals surface area contributed by atoms with Gasteiger partial charge in [0.2, 0.25) is 5.71 Å². The first kappa shape index (κ1) is 24.6. The lowest BCUT2D eigenvalue weighted by Crippen LogP contribution is -2.41. The van der Waals surface area contributed by atoms with Gasteiger partial charge in [0.25, 0.3) is 5.91 Å². The van der Waals surface area contributed by atoms with Crippen molar-refractivity contribution in [1.82, 2.24) is 10.5 Å². The van der Waals surface area contributed by atoms with E-state index in [1.165, 1.54) is 5.38 Å². The van der Waals surface area contributed by atoms with Gasteiger partial charge in [0, 0.05) is 5.38 Å². The second kappa shape index (κ2) is 11.3. The van der Waals surface area contributed by atoms with Crippen LogP contribution in [0.25, 0.3) is 0 Å². The van der Waals surface area contributed by atoms with E-state index in [0.29, 0.717) is 0 Å². The minimum absolute atomic E-state index is 0.0397. The minimum atomic E-state index is -1.37. The Morgan fingerprint density at radius 1 is 0.917 bits per heavy atom. The van der Waals surface area contributed by atoms with Crippen LogP contribution in [0.5, 0.6) is 0 Å². The van der Waals surface area contributed by atoms with E-state index in [1.807, 2.05) is 91.0 Å². The molecule has 10 heteroatoms. The second-order valence-corrected chi connectivity index (χ2v) is 8.39. The van der Waals surface area contributed by atoms with Gasteiger partial charge in [0.05, 0.1) is 0 Å². The summed E-state index contributed by atoms with van der Waals surface area (Å²) in [5.74, 6) is -2.04. The summed E-state index contributed by atoms with van der Waals surface area (Å²) in [5, 5.41) is 14.5. The van der Waals surface area contributed by atoms with Crippen LogP contribution in [0.15, 0.2) is 102 Å². The number of oxime groups is 1. The Hall–Kier alpha value is -4.54. The number of benzene rings is 3. The molecule has 4 N–H and O–H groups in total. The van der Waals surface area contributed by atoms with E-state index >= 15 is 0 Å². The maximum Gasteiger partial charge on any atom is 0.360 e. The summed E-state index contributed by atoms with van der Waals surface area (Å²) in [5.41, 5.74) is 8.77. The fourth-order valence-electron chi connectivity index (χ4n) is 3.61. The molecule has 36 heavy (non-hydrogen) atoms. The van der Waals surface area contributed by atoms with Gasteiger partial charge >= 0.3 is 5.97 Å². The number of nitrogens with two attached hydrogens (primary N) is 1. The third kappa shape index (κ3) is 5.40. The molecule has 0 saturated carbocycles. The van der Waals surface area contributed by atoms with Crippen LogP contribution in [0, 0.1) is 0 Å². The molecule has 1 heterocycles. The highest BCUT2D eigenvalue weighted by atomic mass is 32.1. The van der Waals surface area contributed by atoms with Gasteiger partial charge in [-0.1, -0.05) is 96.2 Å². The molecule has 0 spiro atoms. The van der Waals surface area contributed by atoms with Crippen molar-refractivity contribution in [1.29, 1.82) is 0 Å². The van der Waals surface area contributed by atoms with Gasteiger partial charge in [-0.05, 0) is 16.7 Å². The zero-order valence-electron chi connectivity index (χ0n) is 18.9. The van der Waals surface area contributed by atoms with E-state index in [1.54, 1.807) is 0 Å². The van der Waals surface area contributed by atoms with E-state index in [2.05, 4.69) is 15.6 Å². The number of rotatable bonds is 10. The molecule has 0 aliphatic heterocycles. The number of hydrogen-bond acceptors (Lipinski definition) is 8. The average molecular weight is 503 g/mol. The molecule has 0 radical (unpaired) electrons. The first-order valence-corrected chi connectivity index (χ1v) is 11.7. The number of hydroxylamine groups is 1. The molecule has 0 atom stereocenters. The maximum atomic E-state index is 12.7. The number of amides is 1. The molecule has 1 aromatic heterocycles. The molecule has 3 aromatic carbocycles. The molecule has 4 aromatic rings. The predicted octanol–water partition coefficient (Wildman–Crippen LogP) is 3.57. The van der Waals surface area contributed by atoms with Gasteiger partial charge in [-0.2, -0.15) is 0 Å². The Morgan fingerprint density at radius 3 is 1.83 bits per heavy atom.